The van der Waals surface area contributed by atoms with Crippen molar-refractivity contribution < 1.29 is 19.1 Å². The Morgan fingerprint density at radius 1 is 0.917 bits per heavy atom. The Balaban J connectivity index is 2.60. The van der Waals surface area contributed by atoms with Crippen LogP contribution in [0.1, 0.15) is 49.5 Å². The number of methoxy groups -OCH3 is 1. The van der Waals surface area contributed by atoms with Gasteiger partial charge in [-0.15, -0.1) is 0 Å². The summed E-state index contributed by atoms with van der Waals surface area (Å²) in [5, 5.41) is 3.12. The second-order valence-electron chi connectivity index (χ2n) is 5.86. The number of ketones is 2. The van der Waals surface area contributed by atoms with Crippen LogP contribution in [0.25, 0.3) is 0 Å². The molecule has 0 atom stereocenters. The molecule has 24 heavy (non-hydrogen) atoms. The summed E-state index contributed by atoms with van der Waals surface area (Å²) in [4.78, 5) is 36.0. The molecule has 0 spiro atoms. The van der Waals surface area contributed by atoms with Crippen LogP contribution in [-0.4, -0.2) is 24.6 Å². The molecule has 1 N–H and O–H groups in total. The van der Waals surface area contributed by atoms with Crippen LogP contribution < -0.4 is 5.32 Å². The number of allylic oxidation sites excluding steroid dienone is 4. The van der Waals surface area contributed by atoms with Crippen LogP contribution in [0.2, 0.25) is 0 Å². The first kappa shape index (κ1) is 17.7. The highest BCUT2D eigenvalue weighted by Gasteiger charge is 2.33. The van der Waals surface area contributed by atoms with Crippen molar-refractivity contribution in [3.63, 3.8) is 0 Å². The van der Waals surface area contributed by atoms with Crippen molar-refractivity contribution in [2.75, 3.05) is 7.11 Å². The normalized spacial score (nSPS) is 15.2. The number of hydrogen-bond acceptors (Lipinski definition) is 5. The third-order valence-corrected chi connectivity index (χ3v) is 4.18. The third-order valence-electron chi connectivity index (χ3n) is 4.18. The number of nitrogens with one attached hydrogen (secondary N) is 1. The van der Waals surface area contributed by atoms with Crippen molar-refractivity contribution >= 4 is 17.5 Å². The largest absolute Gasteiger partial charge is 0.465 e. The van der Waals surface area contributed by atoms with E-state index in [1.165, 1.54) is 21.0 Å². The fraction of sp³-hybridized carbons (Fsp3) is 0.316. The second-order valence-corrected chi connectivity index (χ2v) is 5.86. The zero-order valence-electron chi connectivity index (χ0n) is 14.5. The molecule has 0 amide bonds. The molecule has 5 nitrogen and oxygen atoms in total. The fourth-order valence-electron chi connectivity index (χ4n) is 3.19. The van der Waals surface area contributed by atoms with Crippen molar-refractivity contribution in [2.45, 2.75) is 33.6 Å². The van der Waals surface area contributed by atoms with E-state index in [-0.39, 0.29) is 11.6 Å². The number of ether oxygens (including phenoxy) is 1. The van der Waals surface area contributed by atoms with Crippen molar-refractivity contribution in [1.29, 1.82) is 0 Å². The van der Waals surface area contributed by atoms with Gasteiger partial charge in [0.1, 0.15) is 0 Å². The number of esters is 1. The van der Waals surface area contributed by atoms with E-state index < -0.39 is 11.9 Å². The molecule has 0 aromatic heterocycles. The van der Waals surface area contributed by atoms with Crippen LogP contribution >= 0.6 is 0 Å². The summed E-state index contributed by atoms with van der Waals surface area (Å²) >= 11 is 0. The molecule has 2 rings (SSSR count). The summed E-state index contributed by atoms with van der Waals surface area (Å²) in [6.45, 7) is 6.64. The van der Waals surface area contributed by atoms with Gasteiger partial charge in [0.05, 0.1) is 12.7 Å². The maximum Gasteiger partial charge on any atom is 0.337 e. The molecule has 5 heteroatoms. The quantitative estimate of drug-likeness (QED) is 0.861. The fourth-order valence-corrected chi connectivity index (χ4v) is 3.19. The lowest BCUT2D eigenvalue weighted by Gasteiger charge is -2.30. The standard InChI is InChI=1S/C19H21NO4/c1-10-16(12(3)21)18(17(13(4)22)11(2)20-10)14-6-8-15(9-7-14)19(23)24-5/h6-9,18,20H,1-5H3. The SMILES string of the molecule is COC(=O)c1ccc(C2C(C(C)=O)=C(C)NC(C)=C2C(C)=O)cc1. The van der Waals surface area contributed by atoms with E-state index in [1.54, 1.807) is 24.3 Å². The molecule has 0 saturated heterocycles. The Morgan fingerprint density at radius 3 is 1.75 bits per heavy atom. The summed E-state index contributed by atoms with van der Waals surface area (Å²) < 4.78 is 4.70. The van der Waals surface area contributed by atoms with E-state index in [9.17, 15) is 14.4 Å². The highest BCUT2D eigenvalue weighted by Crippen LogP contribution is 2.38. The van der Waals surface area contributed by atoms with Crippen LogP contribution in [-0.2, 0) is 14.3 Å². The number of dihydropyridines is 1. The van der Waals surface area contributed by atoms with E-state index in [0.717, 1.165) is 17.0 Å². The summed E-state index contributed by atoms with van der Waals surface area (Å²) in [5.74, 6) is -1.04. The Hall–Kier alpha value is -2.69. The third kappa shape index (κ3) is 3.15. The minimum atomic E-state index is -0.437. The van der Waals surface area contributed by atoms with Gasteiger partial charge in [0.25, 0.3) is 0 Å². The number of Topliss-reactive ketones (excluding diaryl/α,β-unsaturated/α-hetero) is 2. The van der Waals surface area contributed by atoms with E-state index >= 15 is 0 Å². The maximum absolute atomic E-state index is 12.2. The van der Waals surface area contributed by atoms with Crippen LogP contribution in [0.4, 0.5) is 0 Å². The zero-order chi connectivity index (χ0) is 18.0. The molecule has 0 aliphatic carbocycles. The van der Waals surface area contributed by atoms with Crippen molar-refractivity contribution in [2.24, 2.45) is 0 Å². The van der Waals surface area contributed by atoms with Gasteiger partial charge >= 0.3 is 5.97 Å². The lowest BCUT2D eigenvalue weighted by Crippen LogP contribution is -2.29. The minimum Gasteiger partial charge on any atom is -0.465 e. The average Bonchev–Trinajstić information content (AvgIpc) is 2.52. The molecule has 1 aliphatic heterocycles. The van der Waals surface area contributed by atoms with E-state index in [2.05, 4.69) is 5.32 Å². The maximum atomic E-state index is 12.2. The van der Waals surface area contributed by atoms with Gasteiger partial charge in [-0.3, -0.25) is 9.59 Å². The molecular weight excluding hydrogens is 306 g/mol. The molecule has 0 bridgehead atoms. The van der Waals surface area contributed by atoms with Crippen LogP contribution in [0.3, 0.4) is 0 Å². The number of benzene rings is 1. The van der Waals surface area contributed by atoms with E-state index in [0.29, 0.717) is 16.7 Å². The Morgan fingerprint density at radius 2 is 1.38 bits per heavy atom. The molecule has 1 aromatic carbocycles. The second kappa shape index (κ2) is 6.83. The van der Waals surface area contributed by atoms with E-state index in [1.807, 2.05) is 13.8 Å². The molecule has 1 heterocycles. The molecule has 126 valence electrons. The summed E-state index contributed by atoms with van der Waals surface area (Å²) in [6, 6.07) is 6.80. The highest BCUT2D eigenvalue weighted by atomic mass is 16.5. The predicted octanol–water partition coefficient (Wildman–Crippen LogP) is 2.89. The molecule has 0 saturated carbocycles. The van der Waals surface area contributed by atoms with Gasteiger partial charge < -0.3 is 10.1 Å². The van der Waals surface area contributed by atoms with Crippen molar-refractivity contribution in [3.8, 4) is 0 Å². The molecular formula is C19H21NO4. The van der Waals surface area contributed by atoms with Gasteiger partial charge in [0.15, 0.2) is 11.6 Å². The molecule has 0 fully saturated rings. The molecule has 0 unspecified atom stereocenters. The van der Waals surface area contributed by atoms with E-state index in [4.69, 9.17) is 4.74 Å². The Kier molecular flexibility index (Phi) is 5.02. The monoisotopic (exact) mass is 327 g/mol. The lowest BCUT2D eigenvalue weighted by molar-refractivity contribution is -0.114. The summed E-state index contributed by atoms with van der Waals surface area (Å²) in [7, 11) is 1.32. The van der Waals surface area contributed by atoms with Crippen molar-refractivity contribution in [1.82, 2.24) is 5.32 Å². The molecule has 0 radical (unpaired) electrons. The first-order valence-corrected chi connectivity index (χ1v) is 7.66. The highest BCUT2D eigenvalue weighted by molar-refractivity contribution is 6.03. The van der Waals surface area contributed by atoms with Crippen LogP contribution in [0, 0.1) is 0 Å². The predicted molar refractivity (Wildman–Crippen MR) is 90.4 cm³/mol. The topological polar surface area (TPSA) is 72.5 Å². The summed E-state index contributed by atoms with van der Waals surface area (Å²) in [6.07, 6.45) is 0. The first-order chi connectivity index (χ1) is 11.3. The van der Waals surface area contributed by atoms with Gasteiger partial charge in [0.2, 0.25) is 0 Å². The van der Waals surface area contributed by atoms with Crippen LogP contribution in [0.15, 0.2) is 46.8 Å². The molecule has 1 aliphatic rings. The number of carbonyl (C=O) groups excluding carboxylic acids is 3. The average molecular weight is 327 g/mol. The lowest BCUT2D eigenvalue weighted by atomic mass is 9.77. The number of rotatable bonds is 4. The van der Waals surface area contributed by atoms with Gasteiger partial charge in [-0.25, -0.2) is 4.79 Å². The Labute approximate surface area is 141 Å². The van der Waals surface area contributed by atoms with Crippen molar-refractivity contribution in [3.05, 3.63) is 57.9 Å². The van der Waals surface area contributed by atoms with Gasteiger partial charge in [0, 0.05) is 28.5 Å². The molecule has 1 aromatic rings. The number of hydrogen-bond donors (Lipinski definition) is 1. The van der Waals surface area contributed by atoms with Gasteiger partial charge in [-0.2, -0.15) is 0 Å². The van der Waals surface area contributed by atoms with Crippen LogP contribution in [0.5, 0.6) is 0 Å². The van der Waals surface area contributed by atoms with Gasteiger partial charge in [-0.1, -0.05) is 12.1 Å². The van der Waals surface area contributed by atoms with Gasteiger partial charge in [-0.05, 0) is 45.4 Å². The minimum absolute atomic E-state index is 0.0895. The zero-order valence-corrected chi connectivity index (χ0v) is 14.5. The number of carbonyl (C=O) groups is 3. The first-order valence-electron chi connectivity index (χ1n) is 7.66. The smallest absolute Gasteiger partial charge is 0.337 e. The summed E-state index contributed by atoms with van der Waals surface area (Å²) in [5.41, 5.74) is 3.83. The Bertz CT molecular complexity index is 733.